The van der Waals surface area contributed by atoms with Gasteiger partial charge in [0, 0.05) is 17.0 Å². The lowest BCUT2D eigenvalue weighted by atomic mass is 10.1. The number of amides is 3. The van der Waals surface area contributed by atoms with Crippen LogP contribution in [0.5, 0.6) is 5.75 Å². The van der Waals surface area contributed by atoms with E-state index in [0.717, 1.165) is 18.2 Å². The summed E-state index contributed by atoms with van der Waals surface area (Å²) in [4.78, 5) is 35.4. The molecular formula is C17H19N3O5. The Morgan fingerprint density at radius 3 is 2.64 bits per heavy atom. The molecule has 1 saturated carbocycles. The van der Waals surface area contributed by atoms with Crippen molar-refractivity contribution in [1.82, 2.24) is 16.2 Å². The Morgan fingerprint density at radius 2 is 1.96 bits per heavy atom. The second-order valence-electron chi connectivity index (χ2n) is 5.80. The summed E-state index contributed by atoms with van der Waals surface area (Å²) in [6.07, 6.45) is 1.74. The third-order valence-electron chi connectivity index (χ3n) is 3.83. The van der Waals surface area contributed by atoms with Gasteiger partial charge in [0.05, 0.1) is 6.61 Å². The largest absolute Gasteiger partial charge is 0.494 e. The summed E-state index contributed by atoms with van der Waals surface area (Å²) in [6.45, 7) is 4.15. The van der Waals surface area contributed by atoms with Crippen molar-refractivity contribution in [2.75, 3.05) is 6.61 Å². The minimum atomic E-state index is -0.923. The maximum absolute atomic E-state index is 12.2. The maximum atomic E-state index is 12.2. The van der Waals surface area contributed by atoms with Crippen LogP contribution in [0, 0.1) is 6.92 Å². The first-order valence-corrected chi connectivity index (χ1v) is 8.06. The normalized spacial score (nSPS) is 13.4. The first-order chi connectivity index (χ1) is 12.0. The molecule has 1 aromatic heterocycles. The molecule has 1 aliphatic rings. The summed E-state index contributed by atoms with van der Waals surface area (Å²) < 4.78 is 11.0. The van der Waals surface area contributed by atoms with Crippen LogP contribution in [0.3, 0.4) is 0 Å². The molecule has 0 bridgehead atoms. The van der Waals surface area contributed by atoms with Gasteiger partial charge >= 0.3 is 17.7 Å². The number of aryl methyl sites for hydroxylation is 1. The molecule has 8 heteroatoms. The number of rotatable bonds is 4. The predicted octanol–water partition coefficient (Wildman–Crippen LogP) is 1.18. The summed E-state index contributed by atoms with van der Waals surface area (Å²) in [5.41, 5.74) is 5.42. The van der Waals surface area contributed by atoms with E-state index in [4.69, 9.17) is 9.15 Å². The van der Waals surface area contributed by atoms with Crippen molar-refractivity contribution in [3.63, 3.8) is 0 Å². The Kier molecular flexibility index (Phi) is 4.60. The summed E-state index contributed by atoms with van der Waals surface area (Å²) in [6, 6.07) is 5.31. The van der Waals surface area contributed by atoms with Crippen molar-refractivity contribution < 1.29 is 23.5 Å². The number of nitrogens with one attached hydrogen (secondary N) is 3. The molecule has 132 valence electrons. The second-order valence-corrected chi connectivity index (χ2v) is 5.80. The van der Waals surface area contributed by atoms with Crippen molar-refractivity contribution in [1.29, 1.82) is 0 Å². The summed E-state index contributed by atoms with van der Waals surface area (Å²) in [5.74, 6) is -1.60. The van der Waals surface area contributed by atoms with Gasteiger partial charge in [-0.25, -0.2) is 0 Å². The Labute approximate surface area is 143 Å². The summed E-state index contributed by atoms with van der Waals surface area (Å²) in [5, 5.41) is 3.27. The topological polar surface area (TPSA) is 110 Å². The highest BCUT2D eigenvalue weighted by Gasteiger charge is 2.27. The van der Waals surface area contributed by atoms with E-state index in [1.54, 1.807) is 25.1 Å². The number of fused-ring (bicyclic) bond motifs is 1. The molecule has 0 radical (unpaired) electrons. The fraction of sp³-hybridized carbons (Fsp3) is 0.353. The molecule has 2 aromatic rings. The highest BCUT2D eigenvalue weighted by atomic mass is 16.5. The van der Waals surface area contributed by atoms with E-state index in [1.165, 1.54) is 0 Å². The van der Waals surface area contributed by atoms with Gasteiger partial charge in [0.1, 0.15) is 11.3 Å². The lowest BCUT2D eigenvalue weighted by Crippen LogP contribution is -2.49. The zero-order valence-electron chi connectivity index (χ0n) is 14.0. The van der Waals surface area contributed by atoms with E-state index < -0.39 is 17.7 Å². The zero-order chi connectivity index (χ0) is 18.0. The molecule has 1 fully saturated rings. The molecule has 3 rings (SSSR count). The van der Waals surface area contributed by atoms with Crippen LogP contribution < -0.4 is 20.9 Å². The zero-order valence-corrected chi connectivity index (χ0v) is 14.0. The van der Waals surface area contributed by atoms with E-state index >= 15 is 0 Å². The number of ether oxygens (including phenoxy) is 1. The number of hydrogen-bond acceptors (Lipinski definition) is 5. The van der Waals surface area contributed by atoms with Crippen molar-refractivity contribution >= 4 is 28.7 Å². The van der Waals surface area contributed by atoms with Gasteiger partial charge < -0.3 is 14.5 Å². The minimum Gasteiger partial charge on any atom is -0.494 e. The number of carbonyl (C=O) groups is 3. The van der Waals surface area contributed by atoms with Crippen molar-refractivity contribution in [3.8, 4) is 5.75 Å². The molecule has 0 aliphatic heterocycles. The van der Waals surface area contributed by atoms with Crippen LogP contribution in [0.4, 0.5) is 0 Å². The lowest BCUT2D eigenvalue weighted by molar-refractivity contribution is -0.139. The number of hydrazine groups is 1. The van der Waals surface area contributed by atoms with Gasteiger partial charge in [-0.1, -0.05) is 0 Å². The Morgan fingerprint density at radius 1 is 1.20 bits per heavy atom. The van der Waals surface area contributed by atoms with E-state index in [9.17, 15) is 14.4 Å². The average Bonchev–Trinajstić information content (AvgIpc) is 3.35. The van der Waals surface area contributed by atoms with Crippen LogP contribution in [-0.2, 0) is 9.59 Å². The van der Waals surface area contributed by atoms with Crippen LogP contribution in [0.25, 0.3) is 11.0 Å². The molecule has 25 heavy (non-hydrogen) atoms. The molecule has 8 nitrogen and oxygen atoms in total. The molecule has 1 aromatic carbocycles. The van der Waals surface area contributed by atoms with Crippen LogP contribution in [0.2, 0.25) is 0 Å². The molecule has 3 N–H and O–H groups in total. The van der Waals surface area contributed by atoms with Gasteiger partial charge in [0.15, 0.2) is 5.76 Å². The SMILES string of the molecule is CCOc1ccc2oc(C(=O)NNC(=O)C(=O)NC3CC3)c(C)c2c1. The highest BCUT2D eigenvalue weighted by Crippen LogP contribution is 2.28. The molecule has 1 heterocycles. The number of furan rings is 1. The van der Waals surface area contributed by atoms with Gasteiger partial charge in [-0.3, -0.25) is 25.2 Å². The molecule has 0 spiro atoms. The predicted molar refractivity (Wildman–Crippen MR) is 88.9 cm³/mol. The van der Waals surface area contributed by atoms with Crippen molar-refractivity contribution in [2.24, 2.45) is 0 Å². The van der Waals surface area contributed by atoms with Crippen LogP contribution in [0.1, 0.15) is 35.9 Å². The monoisotopic (exact) mass is 345 g/mol. The van der Waals surface area contributed by atoms with Crippen LogP contribution in [-0.4, -0.2) is 30.4 Å². The first-order valence-electron chi connectivity index (χ1n) is 8.06. The van der Waals surface area contributed by atoms with Gasteiger partial charge in [-0.15, -0.1) is 0 Å². The fourth-order valence-corrected chi connectivity index (χ4v) is 2.38. The fourth-order valence-electron chi connectivity index (χ4n) is 2.38. The van der Waals surface area contributed by atoms with Gasteiger partial charge in [-0.2, -0.15) is 0 Å². The molecular weight excluding hydrogens is 326 g/mol. The molecule has 3 amide bonds. The van der Waals surface area contributed by atoms with Crippen molar-refractivity contribution in [2.45, 2.75) is 32.7 Å². The third-order valence-corrected chi connectivity index (χ3v) is 3.83. The maximum Gasteiger partial charge on any atom is 0.327 e. The Hall–Kier alpha value is -3.03. The van der Waals surface area contributed by atoms with Gasteiger partial charge in [0.25, 0.3) is 0 Å². The standard InChI is InChI=1S/C17H19N3O5/c1-3-24-11-6-7-13-12(8-11)9(2)14(25-13)15(21)19-20-17(23)16(22)18-10-4-5-10/h6-8,10H,3-5H2,1-2H3,(H,18,22)(H,19,21)(H,20,23). The Balaban J connectivity index is 1.67. The van der Waals surface area contributed by atoms with Crippen molar-refractivity contribution in [3.05, 3.63) is 29.5 Å². The molecule has 0 saturated heterocycles. The van der Waals surface area contributed by atoms with E-state index in [1.807, 2.05) is 6.92 Å². The van der Waals surface area contributed by atoms with Crippen LogP contribution in [0.15, 0.2) is 22.6 Å². The number of hydrogen-bond donors (Lipinski definition) is 3. The van der Waals surface area contributed by atoms with Crippen LogP contribution >= 0.6 is 0 Å². The lowest BCUT2D eigenvalue weighted by Gasteiger charge is -2.06. The van der Waals surface area contributed by atoms with Gasteiger partial charge in [-0.05, 0) is 44.9 Å². The molecule has 1 aliphatic carbocycles. The number of carbonyl (C=O) groups excluding carboxylic acids is 3. The quantitative estimate of drug-likeness (QED) is 0.569. The molecule has 0 unspecified atom stereocenters. The average molecular weight is 345 g/mol. The van der Waals surface area contributed by atoms with E-state index in [-0.39, 0.29) is 11.8 Å². The van der Waals surface area contributed by atoms with Gasteiger partial charge in [0.2, 0.25) is 0 Å². The highest BCUT2D eigenvalue weighted by molar-refractivity contribution is 6.35. The smallest absolute Gasteiger partial charge is 0.327 e. The van der Waals surface area contributed by atoms with E-state index in [2.05, 4.69) is 16.2 Å². The third kappa shape index (κ3) is 3.73. The second kappa shape index (κ2) is 6.84. The molecule has 0 atom stereocenters. The first kappa shape index (κ1) is 16.8. The summed E-state index contributed by atoms with van der Waals surface area (Å²) >= 11 is 0. The van der Waals surface area contributed by atoms with E-state index in [0.29, 0.717) is 23.5 Å². The minimum absolute atomic E-state index is 0.0612. The summed E-state index contributed by atoms with van der Waals surface area (Å²) in [7, 11) is 0. The number of benzene rings is 1. The Bertz CT molecular complexity index is 838.